The zero-order chi connectivity index (χ0) is 19.4. The van der Waals surface area contributed by atoms with E-state index in [0.29, 0.717) is 17.0 Å². The Morgan fingerprint density at radius 3 is 1.69 bits per heavy atom. The fourth-order valence-electron chi connectivity index (χ4n) is 3.07. The third kappa shape index (κ3) is 3.63. The van der Waals surface area contributed by atoms with Crippen LogP contribution >= 0.6 is 0 Å². The van der Waals surface area contributed by atoms with Crippen molar-refractivity contribution in [3.05, 3.63) is 58.4 Å². The van der Waals surface area contributed by atoms with Crippen molar-refractivity contribution in [2.75, 3.05) is 14.2 Å². The Morgan fingerprint density at radius 1 is 0.923 bits per heavy atom. The van der Waals surface area contributed by atoms with Gasteiger partial charge in [0, 0.05) is 14.2 Å². The Balaban J connectivity index is 2.82. The second kappa shape index (κ2) is 8.16. The maximum atomic E-state index is 12.1. The summed E-state index contributed by atoms with van der Waals surface area (Å²) in [5.41, 5.74) is 1.12. The van der Waals surface area contributed by atoms with Crippen LogP contribution in [0, 0.1) is 0 Å². The third-order valence-corrected chi connectivity index (χ3v) is 4.54. The van der Waals surface area contributed by atoms with Gasteiger partial charge in [0.25, 0.3) is 0 Å². The van der Waals surface area contributed by atoms with Gasteiger partial charge < -0.3 is 25.0 Å². The molecule has 7 heteroatoms. The van der Waals surface area contributed by atoms with E-state index >= 15 is 0 Å². The molecule has 0 radical (unpaired) electrons. The van der Waals surface area contributed by atoms with Crippen LogP contribution in [0.1, 0.15) is 25.3 Å². The summed E-state index contributed by atoms with van der Waals surface area (Å²) in [4.78, 5) is 24.2. The number of benzene rings is 1. The van der Waals surface area contributed by atoms with Crippen molar-refractivity contribution in [1.82, 2.24) is 5.32 Å². The normalized spacial score (nSPS) is 19.8. The summed E-state index contributed by atoms with van der Waals surface area (Å²) in [6.07, 6.45) is -1.14. The highest BCUT2D eigenvalue weighted by atomic mass is 16.5. The molecule has 1 heterocycles. The number of rotatable bonds is 7. The molecule has 7 nitrogen and oxygen atoms in total. The van der Waals surface area contributed by atoms with Crippen molar-refractivity contribution in [2.24, 2.45) is 0 Å². The molecular weight excluding hydrogens is 338 g/mol. The SMILES string of the molecule is COC(C)C1=C(C(=O)O)C(c2ccccc2)C(C(=O)O)=C(C(C)OC)N1. The zero-order valence-corrected chi connectivity index (χ0v) is 15.1. The highest BCUT2D eigenvalue weighted by Crippen LogP contribution is 2.40. The van der Waals surface area contributed by atoms with Crippen LogP contribution in [-0.2, 0) is 19.1 Å². The molecule has 2 rings (SSSR count). The van der Waals surface area contributed by atoms with E-state index in [-0.39, 0.29) is 11.1 Å². The van der Waals surface area contributed by atoms with E-state index in [1.807, 2.05) is 0 Å². The second-order valence-electron chi connectivity index (χ2n) is 5.99. The van der Waals surface area contributed by atoms with Gasteiger partial charge in [-0.2, -0.15) is 0 Å². The predicted molar refractivity (Wildman–Crippen MR) is 94.6 cm³/mol. The van der Waals surface area contributed by atoms with Crippen LogP contribution < -0.4 is 5.32 Å². The van der Waals surface area contributed by atoms with Crippen molar-refractivity contribution >= 4 is 11.9 Å². The monoisotopic (exact) mass is 361 g/mol. The van der Waals surface area contributed by atoms with Gasteiger partial charge in [0.05, 0.1) is 40.7 Å². The summed E-state index contributed by atoms with van der Waals surface area (Å²) in [5, 5.41) is 22.7. The molecule has 2 atom stereocenters. The predicted octanol–water partition coefficient (Wildman–Crippen LogP) is 2.12. The number of hydrogen-bond acceptors (Lipinski definition) is 5. The van der Waals surface area contributed by atoms with E-state index in [1.54, 1.807) is 44.2 Å². The van der Waals surface area contributed by atoms with Gasteiger partial charge in [0.15, 0.2) is 0 Å². The van der Waals surface area contributed by atoms with E-state index in [9.17, 15) is 19.8 Å². The van der Waals surface area contributed by atoms with Crippen molar-refractivity contribution in [1.29, 1.82) is 0 Å². The fraction of sp³-hybridized carbons (Fsp3) is 0.368. The molecular formula is C19H23NO6. The maximum Gasteiger partial charge on any atom is 0.334 e. The van der Waals surface area contributed by atoms with Crippen LogP contribution in [0.15, 0.2) is 52.9 Å². The van der Waals surface area contributed by atoms with Crippen molar-refractivity contribution in [2.45, 2.75) is 32.0 Å². The first kappa shape index (κ1) is 19.7. The van der Waals surface area contributed by atoms with Crippen LogP contribution in [0.5, 0.6) is 0 Å². The van der Waals surface area contributed by atoms with Gasteiger partial charge in [-0.1, -0.05) is 30.3 Å². The lowest BCUT2D eigenvalue weighted by atomic mass is 9.78. The van der Waals surface area contributed by atoms with Gasteiger partial charge in [-0.15, -0.1) is 0 Å². The summed E-state index contributed by atoms with van der Waals surface area (Å²) in [6.45, 7) is 3.41. The first-order chi connectivity index (χ1) is 12.3. The number of carboxylic acid groups (broad SMARTS) is 2. The minimum atomic E-state index is -1.20. The summed E-state index contributed by atoms with van der Waals surface area (Å²) < 4.78 is 10.6. The van der Waals surface area contributed by atoms with Crippen molar-refractivity contribution in [3.8, 4) is 0 Å². The smallest absolute Gasteiger partial charge is 0.334 e. The number of carboxylic acids is 2. The number of aliphatic carboxylic acids is 2. The topological polar surface area (TPSA) is 105 Å². The lowest BCUT2D eigenvalue weighted by molar-refractivity contribution is -0.133. The Bertz CT molecular complexity index is 709. The highest BCUT2D eigenvalue weighted by Gasteiger charge is 2.41. The Hall–Kier alpha value is -2.64. The molecule has 140 valence electrons. The average Bonchev–Trinajstić information content (AvgIpc) is 2.65. The standard InChI is InChI=1S/C19H23NO6/c1-10(25-3)16-14(18(21)22)13(12-8-6-5-7-9-12)15(19(23)24)17(20-16)11(2)26-4/h5-11,13,20H,1-4H3,(H,21,22)(H,23,24). The fourth-order valence-corrected chi connectivity index (χ4v) is 3.07. The number of dihydropyridines is 1. The summed E-state index contributed by atoms with van der Waals surface area (Å²) >= 11 is 0. The van der Waals surface area contributed by atoms with Gasteiger partial charge in [-0.3, -0.25) is 0 Å². The van der Waals surface area contributed by atoms with Gasteiger partial charge in [0.2, 0.25) is 0 Å². The molecule has 0 aliphatic carbocycles. The molecule has 1 aliphatic heterocycles. The number of nitrogens with one attached hydrogen (secondary N) is 1. The minimum absolute atomic E-state index is 0.0463. The van der Waals surface area contributed by atoms with E-state index in [2.05, 4.69) is 5.32 Å². The molecule has 1 aromatic rings. The quantitative estimate of drug-likeness (QED) is 0.683. The number of carbonyl (C=O) groups is 2. The van der Waals surface area contributed by atoms with Crippen LogP contribution in [0.25, 0.3) is 0 Å². The van der Waals surface area contributed by atoms with E-state index < -0.39 is 30.1 Å². The molecule has 3 N–H and O–H groups in total. The first-order valence-electron chi connectivity index (χ1n) is 8.15. The Kier molecular flexibility index (Phi) is 6.18. The van der Waals surface area contributed by atoms with Gasteiger partial charge in [-0.25, -0.2) is 9.59 Å². The van der Waals surface area contributed by atoms with Crippen LogP contribution in [0.3, 0.4) is 0 Å². The molecule has 0 saturated heterocycles. The molecule has 0 aromatic heterocycles. The molecule has 0 fully saturated rings. The van der Waals surface area contributed by atoms with Crippen LogP contribution in [-0.4, -0.2) is 48.6 Å². The lowest BCUT2D eigenvalue weighted by Gasteiger charge is -2.34. The molecule has 0 saturated carbocycles. The van der Waals surface area contributed by atoms with Gasteiger partial charge >= 0.3 is 11.9 Å². The average molecular weight is 361 g/mol. The largest absolute Gasteiger partial charge is 0.478 e. The maximum absolute atomic E-state index is 12.1. The third-order valence-electron chi connectivity index (χ3n) is 4.54. The van der Waals surface area contributed by atoms with E-state index in [0.717, 1.165) is 0 Å². The molecule has 1 aromatic carbocycles. The van der Waals surface area contributed by atoms with Crippen molar-refractivity contribution in [3.63, 3.8) is 0 Å². The lowest BCUT2D eigenvalue weighted by Crippen LogP contribution is -2.40. The van der Waals surface area contributed by atoms with Crippen LogP contribution in [0.2, 0.25) is 0 Å². The van der Waals surface area contributed by atoms with Gasteiger partial charge in [-0.05, 0) is 19.4 Å². The molecule has 1 aliphatic rings. The zero-order valence-electron chi connectivity index (χ0n) is 15.1. The Morgan fingerprint density at radius 2 is 1.35 bits per heavy atom. The van der Waals surface area contributed by atoms with Gasteiger partial charge in [0.1, 0.15) is 0 Å². The molecule has 0 spiro atoms. The number of hydrogen-bond donors (Lipinski definition) is 3. The summed E-state index contributed by atoms with van der Waals surface area (Å²) in [7, 11) is 2.93. The molecule has 0 bridgehead atoms. The number of methoxy groups -OCH3 is 2. The number of ether oxygens (including phenoxy) is 2. The highest BCUT2D eigenvalue weighted by molar-refractivity contribution is 5.98. The first-order valence-corrected chi connectivity index (χ1v) is 8.15. The molecule has 0 amide bonds. The molecule has 26 heavy (non-hydrogen) atoms. The minimum Gasteiger partial charge on any atom is -0.478 e. The van der Waals surface area contributed by atoms with Crippen molar-refractivity contribution < 1.29 is 29.3 Å². The summed E-state index contributed by atoms with van der Waals surface area (Å²) in [5.74, 6) is -3.35. The Labute approximate surface area is 151 Å². The van der Waals surface area contributed by atoms with Crippen LogP contribution in [0.4, 0.5) is 0 Å². The second-order valence-corrected chi connectivity index (χ2v) is 5.99. The van der Waals surface area contributed by atoms with E-state index in [1.165, 1.54) is 14.2 Å². The van der Waals surface area contributed by atoms with E-state index in [4.69, 9.17) is 9.47 Å². The summed E-state index contributed by atoms with van der Waals surface area (Å²) in [6, 6.07) is 8.71. The molecule has 2 unspecified atom stereocenters.